The first kappa shape index (κ1) is 14.8. The van der Waals surface area contributed by atoms with Crippen molar-refractivity contribution < 1.29 is 19.4 Å². The Bertz CT molecular complexity index is 309. The number of esters is 1. The Kier molecular flexibility index (Phi) is 4.99. The van der Waals surface area contributed by atoms with Crippen LogP contribution in [0.5, 0.6) is 0 Å². The molecule has 1 aliphatic rings. The Hall–Kier alpha value is -1.26. The maximum Gasteiger partial charge on any atom is 0.306 e. The summed E-state index contributed by atoms with van der Waals surface area (Å²) in [7, 11) is 0. The van der Waals surface area contributed by atoms with Crippen molar-refractivity contribution in [2.75, 3.05) is 6.54 Å². The average molecular weight is 256 g/mol. The topological polar surface area (TPSA) is 69.7 Å². The number of amides is 1. The number of carbonyl (C=O) groups is 2. The molecular formula is C13H22NO4-. The van der Waals surface area contributed by atoms with Gasteiger partial charge in [-0.15, -0.1) is 0 Å². The Balaban J connectivity index is 2.41. The Morgan fingerprint density at radius 1 is 1.33 bits per heavy atom. The molecule has 1 atom stereocenters. The molecule has 1 saturated heterocycles. The third-order valence-electron chi connectivity index (χ3n) is 2.96. The summed E-state index contributed by atoms with van der Waals surface area (Å²) >= 11 is 0. The third-order valence-corrected chi connectivity index (χ3v) is 2.96. The van der Waals surface area contributed by atoms with E-state index in [9.17, 15) is 14.7 Å². The number of piperidine rings is 1. The number of ether oxygens (including phenoxy) is 1. The molecule has 18 heavy (non-hydrogen) atoms. The maximum atomic E-state index is 11.6. The van der Waals surface area contributed by atoms with Crippen LogP contribution in [0.3, 0.4) is 0 Å². The fourth-order valence-corrected chi connectivity index (χ4v) is 2.22. The van der Waals surface area contributed by atoms with Crippen molar-refractivity contribution in [3.05, 3.63) is 0 Å². The van der Waals surface area contributed by atoms with E-state index >= 15 is 0 Å². The Morgan fingerprint density at radius 3 is 2.56 bits per heavy atom. The molecule has 0 spiro atoms. The summed E-state index contributed by atoms with van der Waals surface area (Å²) in [5.74, 6) is -0.272. The second kappa shape index (κ2) is 6.07. The van der Waals surface area contributed by atoms with E-state index in [0.29, 0.717) is 13.0 Å². The zero-order chi connectivity index (χ0) is 13.8. The Morgan fingerprint density at radius 2 is 2.00 bits per heavy atom. The average Bonchev–Trinajstić information content (AvgIpc) is 2.24. The lowest BCUT2D eigenvalue weighted by Gasteiger charge is -2.37. The number of nitrogens with zero attached hydrogens (tertiary/aromatic N) is 1. The summed E-state index contributed by atoms with van der Waals surface area (Å²) in [6.07, 6.45) is 2.31. The summed E-state index contributed by atoms with van der Waals surface area (Å²) in [5.41, 5.74) is -0.488. The number of hydrogen-bond donors (Lipinski definition) is 0. The minimum absolute atomic E-state index is 0.101. The number of rotatable bonds is 3. The minimum atomic E-state index is -1.14. The molecule has 5 nitrogen and oxygen atoms in total. The standard InChI is InChI=1S/C13H23NO4/c1-13(2,3)18-11(15)8-7-10-6-4-5-9-14(10)12(16)17/h10H,4-9H2,1-3H3,(H,16,17)/p-1. The summed E-state index contributed by atoms with van der Waals surface area (Å²) in [5, 5.41) is 10.9. The van der Waals surface area contributed by atoms with Crippen LogP contribution < -0.4 is 5.11 Å². The highest BCUT2D eigenvalue weighted by atomic mass is 16.6. The lowest BCUT2D eigenvalue weighted by molar-refractivity contribution is -0.269. The zero-order valence-electron chi connectivity index (χ0n) is 11.4. The van der Waals surface area contributed by atoms with Crippen molar-refractivity contribution in [3.63, 3.8) is 0 Å². The number of carbonyl (C=O) groups excluding carboxylic acids is 2. The van der Waals surface area contributed by atoms with E-state index in [1.165, 1.54) is 4.90 Å². The quantitative estimate of drug-likeness (QED) is 0.714. The molecular weight excluding hydrogens is 234 g/mol. The van der Waals surface area contributed by atoms with E-state index in [1.807, 2.05) is 20.8 Å². The molecule has 0 aromatic carbocycles. The summed E-state index contributed by atoms with van der Waals surface area (Å²) in [6.45, 7) is 5.97. The first-order valence-electron chi connectivity index (χ1n) is 6.49. The van der Waals surface area contributed by atoms with Gasteiger partial charge in [-0.25, -0.2) is 0 Å². The summed E-state index contributed by atoms with van der Waals surface area (Å²) in [4.78, 5) is 23.9. The van der Waals surface area contributed by atoms with Gasteiger partial charge in [0, 0.05) is 19.0 Å². The predicted octanol–water partition coefficient (Wildman–Crippen LogP) is 1.31. The fourth-order valence-electron chi connectivity index (χ4n) is 2.22. The van der Waals surface area contributed by atoms with Gasteiger partial charge < -0.3 is 19.5 Å². The van der Waals surface area contributed by atoms with Gasteiger partial charge in [0.15, 0.2) is 0 Å². The van der Waals surface area contributed by atoms with E-state index < -0.39 is 11.7 Å². The van der Waals surface area contributed by atoms with Gasteiger partial charge in [-0.2, -0.15) is 0 Å². The third kappa shape index (κ3) is 4.94. The van der Waals surface area contributed by atoms with Crippen LogP contribution in [0, 0.1) is 0 Å². The highest BCUT2D eigenvalue weighted by Gasteiger charge is 2.24. The molecule has 1 aliphatic heterocycles. The first-order valence-corrected chi connectivity index (χ1v) is 6.49. The summed E-state index contributed by atoms with van der Waals surface area (Å²) < 4.78 is 5.20. The van der Waals surface area contributed by atoms with Crippen molar-refractivity contribution in [1.82, 2.24) is 4.90 Å². The molecule has 0 bridgehead atoms. The molecule has 104 valence electrons. The largest absolute Gasteiger partial charge is 0.530 e. The first-order chi connectivity index (χ1) is 8.29. The molecule has 1 amide bonds. The van der Waals surface area contributed by atoms with Gasteiger partial charge in [0.25, 0.3) is 0 Å². The number of carboxylic acid groups (broad SMARTS) is 1. The van der Waals surface area contributed by atoms with Crippen molar-refractivity contribution in [2.24, 2.45) is 0 Å². The molecule has 0 aliphatic carbocycles. The van der Waals surface area contributed by atoms with E-state index in [-0.39, 0.29) is 18.4 Å². The van der Waals surface area contributed by atoms with E-state index in [0.717, 1.165) is 19.3 Å². The predicted molar refractivity (Wildman–Crippen MR) is 64.8 cm³/mol. The van der Waals surface area contributed by atoms with Gasteiger partial charge in [0.1, 0.15) is 11.7 Å². The van der Waals surface area contributed by atoms with Crippen LogP contribution in [0.1, 0.15) is 52.9 Å². The van der Waals surface area contributed by atoms with E-state index in [4.69, 9.17) is 4.74 Å². The molecule has 1 rings (SSSR count). The molecule has 0 saturated carbocycles. The SMILES string of the molecule is CC(C)(C)OC(=O)CCC1CCCCN1C(=O)[O-]. The molecule has 0 N–H and O–H groups in total. The molecule has 0 aromatic rings. The van der Waals surface area contributed by atoms with Crippen LogP contribution in [0.2, 0.25) is 0 Å². The molecule has 5 heteroatoms. The van der Waals surface area contributed by atoms with Crippen molar-refractivity contribution in [1.29, 1.82) is 0 Å². The van der Waals surface area contributed by atoms with Gasteiger partial charge in [-0.1, -0.05) is 0 Å². The molecule has 1 unspecified atom stereocenters. The lowest BCUT2D eigenvalue weighted by atomic mass is 9.98. The molecule has 1 heterocycles. The number of hydrogen-bond acceptors (Lipinski definition) is 4. The Labute approximate surface area is 108 Å². The molecule has 1 fully saturated rings. The summed E-state index contributed by atoms with van der Waals surface area (Å²) in [6, 6.07) is -0.101. The molecule has 0 aromatic heterocycles. The van der Waals surface area contributed by atoms with Crippen LogP contribution in [0.15, 0.2) is 0 Å². The van der Waals surface area contributed by atoms with Crippen LogP contribution in [0.25, 0.3) is 0 Å². The van der Waals surface area contributed by atoms with Gasteiger partial charge in [-0.3, -0.25) is 4.79 Å². The van der Waals surface area contributed by atoms with Crippen LogP contribution >= 0.6 is 0 Å². The van der Waals surface area contributed by atoms with Gasteiger partial charge >= 0.3 is 5.97 Å². The second-order valence-corrected chi connectivity index (χ2v) is 5.73. The van der Waals surface area contributed by atoms with Crippen LogP contribution in [-0.2, 0) is 9.53 Å². The maximum absolute atomic E-state index is 11.6. The monoisotopic (exact) mass is 256 g/mol. The zero-order valence-corrected chi connectivity index (χ0v) is 11.4. The van der Waals surface area contributed by atoms with Gasteiger partial charge in [-0.05, 0) is 46.5 Å². The van der Waals surface area contributed by atoms with Gasteiger partial charge in [0.2, 0.25) is 0 Å². The van der Waals surface area contributed by atoms with Crippen molar-refractivity contribution in [2.45, 2.75) is 64.5 Å². The van der Waals surface area contributed by atoms with E-state index in [2.05, 4.69) is 0 Å². The van der Waals surface area contributed by atoms with E-state index in [1.54, 1.807) is 0 Å². The van der Waals surface area contributed by atoms with Crippen molar-refractivity contribution >= 4 is 12.1 Å². The normalized spacial score (nSPS) is 20.6. The van der Waals surface area contributed by atoms with Gasteiger partial charge in [0.05, 0.1) is 0 Å². The van der Waals surface area contributed by atoms with Crippen LogP contribution in [-0.4, -0.2) is 35.2 Å². The fraction of sp³-hybridized carbons (Fsp3) is 0.846. The lowest BCUT2D eigenvalue weighted by Crippen LogP contribution is -2.50. The minimum Gasteiger partial charge on any atom is -0.530 e. The highest BCUT2D eigenvalue weighted by molar-refractivity contribution is 5.70. The highest BCUT2D eigenvalue weighted by Crippen LogP contribution is 2.21. The number of likely N-dealkylation sites (tertiary alicyclic amines) is 1. The second-order valence-electron chi connectivity index (χ2n) is 5.73. The van der Waals surface area contributed by atoms with Crippen LogP contribution in [0.4, 0.5) is 4.79 Å². The molecule has 0 radical (unpaired) electrons. The smallest absolute Gasteiger partial charge is 0.306 e. The van der Waals surface area contributed by atoms with Crippen molar-refractivity contribution in [3.8, 4) is 0 Å².